The molecular weight excluding hydrogens is 292 g/mol. The summed E-state index contributed by atoms with van der Waals surface area (Å²) in [4.78, 5) is 12.4. The Morgan fingerprint density at radius 3 is 2.48 bits per heavy atom. The molecule has 1 aliphatic heterocycles. The maximum absolute atomic E-state index is 12.4. The molecule has 1 aliphatic rings. The van der Waals surface area contributed by atoms with Gasteiger partial charge in [0.2, 0.25) is 0 Å². The monoisotopic (exact) mass is 314 g/mol. The highest BCUT2D eigenvalue weighted by atomic mass is 35.5. The fraction of sp³-hybridized carbons (Fsp3) is 0.533. The van der Waals surface area contributed by atoms with E-state index in [9.17, 15) is 4.79 Å². The lowest BCUT2D eigenvalue weighted by molar-refractivity contribution is -0.140. The molecule has 6 heteroatoms. The van der Waals surface area contributed by atoms with Gasteiger partial charge in [-0.1, -0.05) is 12.1 Å². The number of ether oxygens (including phenoxy) is 1. The van der Waals surface area contributed by atoms with Gasteiger partial charge in [0.15, 0.2) is 0 Å². The van der Waals surface area contributed by atoms with Crippen LogP contribution in [0.3, 0.4) is 0 Å². The van der Waals surface area contributed by atoms with E-state index in [1.165, 1.54) is 0 Å². The third-order valence-electron chi connectivity index (χ3n) is 3.83. The zero-order chi connectivity index (χ0) is 14.4. The number of methoxy groups -OCH3 is 1. The van der Waals surface area contributed by atoms with Gasteiger partial charge >= 0.3 is 0 Å². The summed E-state index contributed by atoms with van der Waals surface area (Å²) >= 11 is 0. The second kappa shape index (κ2) is 8.34. The maximum atomic E-state index is 12.4. The number of aliphatic hydroxyl groups is 1. The standard InChI is InChI=1S/C15H22N2O3.ClH/c1-20-15(7-9-16-10-8-15)14(19)17-13-4-2-12(3-5-13)6-11-18;/h2-5,16,18H,6-11H2,1H3,(H,17,19);1H. The third-order valence-corrected chi connectivity index (χ3v) is 3.83. The average molecular weight is 315 g/mol. The van der Waals surface area contributed by atoms with Crippen molar-refractivity contribution in [3.05, 3.63) is 29.8 Å². The van der Waals surface area contributed by atoms with Crippen molar-refractivity contribution in [2.24, 2.45) is 0 Å². The van der Waals surface area contributed by atoms with Crippen LogP contribution in [-0.4, -0.2) is 43.4 Å². The van der Waals surface area contributed by atoms with Crippen molar-refractivity contribution in [3.8, 4) is 0 Å². The number of amides is 1. The Hall–Kier alpha value is -1.14. The number of hydrogen-bond donors (Lipinski definition) is 3. The number of hydrogen-bond acceptors (Lipinski definition) is 4. The van der Waals surface area contributed by atoms with Crippen LogP contribution >= 0.6 is 12.4 Å². The quantitative estimate of drug-likeness (QED) is 0.767. The lowest BCUT2D eigenvalue weighted by atomic mass is 9.91. The van der Waals surface area contributed by atoms with E-state index in [-0.39, 0.29) is 24.9 Å². The Balaban J connectivity index is 0.00000220. The van der Waals surface area contributed by atoms with Gasteiger partial charge < -0.3 is 20.5 Å². The molecule has 5 nitrogen and oxygen atoms in total. The van der Waals surface area contributed by atoms with Crippen molar-refractivity contribution in [3.63, 3.8) is 0 Å². The van der Waals surface area contributed by atoms with E-state index in [1.807, 2.05) is 24.3 Å². The average Bonchev–Trinajstić information content (AvgIpc) is 2.50. The highest BCUT2D eigenvalue weighted by Crippen LogP contribution is 2.24. The van der Waals surface area contributed by atoms with Crippen molar-refractivity contribution in [1.29, 1.82) is 0 Å². The summed E-state index contributed by atoms with van der Waals surface area (Å²) in [6, 6.07) is 7.53. The van der Waals surface area contributed by atoms with Crippen molar-refractivity contribution >= 4 is 24.0 Å². The van der Waals surface area contributed by atoms with Gasteiger partial charge in [0, 0.05) is 19.4 Å². The Morgan fingerprint density at radius 2 is 1.95 bits per heavy atom. The largest absolute Gasteiger partial charge is 0.396 e. The number of carbonyl (C=O) groups excluding carboxylic acids is 1. The van der Waals surface area contributed by atoms with E-state index in [2.05, 4.69) is 10.6 Å². The normalized spacial score (nSPS) is 16.9. The van der Waals surface area contributed by atoms with Gasteiger partial charge in [0.05, 0.1) is 0 Å². The van der Waals surface area contributed by atoms with Crippen molar-refractivity contribution in [2.45, 2.75) is 24.9 Å². The summed E-state index contributed by atoms with van der Waals surface area (Å²) in [6.07, 6.45) is 1.98. The van der Waals surface area contributed by atoms with Gasteiger partial charge in [-0.05, 0) is 50.0 Å². The third kappa shape index (κ3) is 4.41. The van der Waals surface area contributed by atoms with Gasteiger partial charge in [0.25, 0.3) is 5.91 Å². The summed E-state index contributed by atoms with van der Waals surface area (Å²) in [5, 5.41) is 15.0. The van der Waals surface area contributed by atoms with Gasteiger partial charge in [0.1, 0.15) is 5.60 Å². The first-order valence-electron chi connectivity index (χ1n) is 6.97. The minimum Gasteiger partial charge on any atom is -0.396 e. The molecule has 0 aromatic heterocycles. The molecule has 0 bridgehead atoms. The Kier molecular flexibility index (Phi) is 7.11. The van der Waals surface area contributed by atoms with Crippen molar-refractivity contribution in [1.82, 2.24) is 5.32 Å². The minimum atomic E-state index is -0.727. The molecule has 1 aromatic carbocycles. The van der Waals surface area contributed by atoms with Gasteiger partial charge in [-0.2, -0.15) is 0 Å². The van der Waals surface area contributed by atoms with Gasteiger partial charge in [-0.3, -0.25) is 4.79 Å². The second-order valence-corrected chi connectivity index (χ2v) is 5.07. The molecule has 1 aromatic rings. The molecule has 0 aliphatic carbocycles. The van der Waals surface area contributed by atoms with Crippen LogP contribution in [0.15, 0.2) is 24.3 Å². The number of anilines is 1. The molecule has 118 valence electrons. The van der Waals surface area contributed by atoms with E-state index in [4.69, 9.17) is 9.84 Å². The molecule has 3 N–H and O–H groups in total. The van der Waals surface area contributed by atoms with Crippen LogP contribution in [0.2, 0.25) is 0 Å². The molecule has 0 saturated carbocycles. The van der Waals surface area contributed by atoms with Crippen LogP contribution < -0.4 is 10.6 Å². The van der Waals surface area contributed by atoms with Crippen LogP contribution in [0.1, 0.15) is 18.4 Å². The zero-order valence-electron chi connectivity index (χ0n) is 12.2. The SMILES string of the molecule is COC1(C(=O)Nc2ccc(CCO)cc2)CCNCC1.Cl. The smallest absolute Gasteiger partial charge is 0.256 e. The molecule has 1 amide bonds. The van der Waals surface area contributed by atoms with E-state index in [0.717, 1.165) is 24.3 Å². The Morgan fingerprint density at radius 1 is 1.33 bits per heavy atom. The molecule has 21 heavy (non-hydrogen) atoms. The summed E-state index contributed by atoms with van der Waals surface area (Å²) in [5.41, 5.74) is 1.08. The summed E-state index contributed by atoms with van der Waals surface area (Å²) in [6.45, 7) is 1.71. The van der Waals surface area contributed by atoms with E-state index >= 15 is 0 Å². The number of benzene rings is 1. The van der Waals surface area contributed by atoms with Gasteiger partial charge in [-0.15, -0.1) is 12.4 Å². The van der Waals surface area contributed by atoms with Crippen LogP contribution in [0.4, 0.5) is 5.69 Å². The predicted molar refractivity (Wildman–Crippen MR) is 85.0 cm³/mol. The van der Waals surface area contributed by atoms with Crippen LogP contribution in [-0.2, 0) is 16.0 Å². The molecule has 1 saturated heterocycles. The summed E-state index contributed by atoms with van der Waals surface area (Å²) in [7, 11) is 1.59. The zero-order valence-corrected chi connectivity index (χ0v) is 13.0. The van der Waals surface area contributed by atoms with Crippen LogP contribution in [0.5, 0.6) is 0 Å². The van der Waals surface area contributed by atoms with Gasteiger partial charge in [-0.25, -0.2) is 0 Å². The molecular formula is C15H23ClN2O3. The lowest BCUT2D eigenvalue weighted by Gasteiger charge is -2.34. The first-order valence-corrected chi connectivity index (χ1v) is 6.97. The number of rotatable bonds is 5. The first-order chi connectivity index (χ1) is 9.70. The molecule has 0 radical (unpaired) electrons. The van der Waals surface area contributed by atoms with Crippen molar-refractivity contribution < 1.29 is 14.6 Å². The van der Waals surface area contributed by atoms with Crippen LogP contribution in [0.25, 0.3) is 0 Å². The minimum absolute atomic E-state index is 0. The summed E-state index contributed by atoms with van der Waals surface area (Å²) < 4.78 is 5.49. The highest BCUT2D eigenvalue weighted by Gasteiger charge is 2.39. The second-order valence-electron chi connectivity index (χ2n) is 5.07. The van der Waals surface area contributed by atoms with Crippen molar-refractivity contribution in [2.75, 3.05) is 32.1 Å². The summed E-state index contributed by atoms with van der Waals surface area (Å²) in [5.74, 6) is -0.0867. The number of piperidine rings is 1. The highest BCUT2D eigenvalue weighted by molar-refractivity contribution is 5.97. The first kappa shape index (κ1) is 17.9. The molecule has 0 atom stereocenters. The molecule has 2 rings (SSSR count). The van der Waals surface area contributed by atoms with E-state index in [1.54, 1.807) is 7.11 Å². The number of nitrogens with one attached hydrogen (secondary N) is 2. The fourth-order valence-electron chi connectivity index (χ4n) is 2.48. The maximum Gasteiger partial charge on any atom is 0.256 e. The number of aliphatic hydroxyl groups excluding tert-OH is 1. The van der Waals surface area contributed by atoms with E-state index < -0.39 is 5.60 Å². The fourth-order valence-corrected chi connectivity index (χ4v) is 2.48. The Labute approximate surface area is 131 Å². The lowest BCUT2D eigenvalue weighted by Crippen LogP contribution is -2.51. The van der Waals surface area contributed by atoms with Crippen LogP contribution in [0, 0.1) is 0 Å². The Bertz CT molecular complexity index is 445. The van der Waals surface area contributed by atoms with E-state index in [0.29, 0.717) is 19.3 Å². The number of carbonyl (C=O) groups is 1. The molecule has 1 fully saturated rings. The predicted octanol–water partition coefficient (Wildman–Crippen LogP) is 1.35. The topological polar surface area (TPSA) is 70.6 Å². The molecule has 1 heterocycles. The molecule has 0 unspecified atom stereocenters. The molecule has 0 spiro atoms. The number of halogens is 1.